The summed E-state index contributed by atoms with van der Waals surface area (Å²) >= 11 is 12.2. The number of nitrogens with one attached hydrogen (secondary N) is 1. The van der Waals surface area contributed by atoms with Crippen LogP contribution in [0.1, 0.15) is 19.4 Å². The molecule has 1 amide bonds. The van der Waals surface area contributed by atoms with Gasteiger partial charge >= 0.3 is 5.97 Å². The second-order valence-electron chi connectivity index (χ2n) is 5.32. The number of anilines is 1. The van der Waals surface area contributed by atoms with Crippen LogP contribution in [-0.2, 0) is 9.59 Å². The highest BCUT2D eigenvalue weighted by Gasteiger charge is 2.19. The molecule has 0 saturated carbocycles. The van der Waals surface area contributed by atoms with Gasteiger partial charge in [0.15, 0.2) is 11.9 Å². The molecule has 2 rings (SSSR count). The lowest BCUT2D eigenvalue weighted by Crippen LogP contribution is -2.30. The van der Waals surface area contributed by atoms with Crippen LogP contribution in [0.5, 0.6) is 11.5 Å². The summed E-state index contributed by atoms with van der Waals surface area (Å²) in [6.07, 6.45) is -0.830. The molecule has 2 aromatic carbocycles. The van der Waals surface area contributed by atoms with Crippen molar-refractivity contribution in [1.82, 2.24) is 0 Å². The minimum absolute atomic E-state index is 0.260. The molecule has 132 valence electrons. The third-order valence-corrected chi connectivity index (χ3v) is 4.24. The number of halogens is 2. The molecule has 7 heteroatoms. The summed E-state index contributed by atoms with van der Waals surface area (Å²) in [6.45, 7) is 4.64. The molecule has 0 heterocycles. The molecule has 1 N–H and O–H groups in total. The zero-order chi connectivity index (χ0) is 18.6. The van der Waals surface area contributed by atoms with Crippen LogP contribution in [0.3, 0.4) is 0 Å². The van der Waals surface area contributed by atoms with Crippen LogP contribution >= 0.6 is 23.2 Å². The van der Waals surface area contributed by atoms with Gasteiger partial charge in [0.2, 0.25) is 0 Å². The molecule has 0 spiro atoms. The number of benzene rings is 2. The quantitative estimate of drug-likeness (QED) is 0.605. The van der Waals surface area contributed by atoms with E-state index in [0.717, 1.165) is 0 Å². The monoisotopic (exact) mass is 381 g/mol. The van der Waals surface area contributed by atoms with Crippen molar-refractivity contribution in [3.63, 3.8) is 0 Å². The summed E-state index contributed by atoms with van der Waals surface area (Å²) in [7, 11) is 0. The SMILES string of the molecule is CC(=O)Oc1ccccc1NC(=O)C(C)Oc1ccc(Cl)c(C)c1Cl. The maximum atomic E-state index is 12.4. The summed E-state index contributed by atoms with van der Waals surface area (Å²) in [5, 5.41) is 3.54. The fourth-order valence-electron chi connectivity index (χ4n) is 2.02. The van der Waals surface area contributed by atoms with Gasteiger partial charge in [-0.3, -0.25) is 9.59 Å². The van der Waals surface area contributed by atoms with E-state index in [4.69, 9.17) is 32.7 Å². The molecule has 0 saturated heterocycles. The van der Waals surface area contributed by atoms with Crippen LogP contribution in [0.4, 0.5) is 5.69 Å². The zero-order valence-corrected chi connectivity index (χ0v) is 15.4. The predicted molar refractivity (Wildman–Crippen MR) is 97.7 cm³/mol. The molecule has 5 nitrogen and oxygen atoms in total. The number of hydrogen-bond acceptors (Lipinski definition) is 4. The van der Waals surface area contributed by atoms with Crippen LogP contribution in [0.2, 0.25) is 10.0 Å². The molecule has 0 aromatic heterocycles. The zero-order valence-electron chi connectivity index (χ0n) is 13.9. The molecule has 2 aromatic rings. The minimum Gasteiger partial charge on any atom is -0.479 e. The second kappa shape index (κ2) is 8.23. The van der Waals surface area contributed by atoms with Crippen molar-refractivity contribution in [2.75, 3.05) is 5.32 Å². The molecule has 0 aliphatic rings. The van der Waals surface area contributed by atoms with Crippen LogP contribution < -0.4 is 14.8 Å². The Morgan fingerprint density at radius 2 is 1.76 bits per heavy atom. The van der Waals surface area contributed by atoms with Crippen molar-refractivity contribution in [3.05, 3.63) is 52.0 Å². The van der Waals surface area contributed by atoms with Gasteiger partial charge in [-0.1, -0.05) is 35.3 Å². The smallest absolute Gasteiger partial charge is 0.308 e. The molecule has 0 aliphatic carbocycles. The van der Waals surface area contributed by atoms with E-state index in [2.05, 4.69) is 5.32 Å². The summed E-state index contributed by atoms with van der Waals surface area (Å²) < 4.78 is 10.7. The van der Waals surface area contributed by atoms with E-state index in [1.54, 1.807) is 50.2 Å². The Labute approximate surface area is 155 Å². The van der Waals surface area contributed by atoms with E-state index in [0.29, 0.717) is 27.0 Å². The number of esters is 1. The lowest BCUT2D eigenvalue weighted by molar-refractivity contribution is -0.132. The number of amides is 1. The lowest BCUT2D eigenvalue weighted by Gasteiger charge is -2.17. The van der Waals surface area contributed by atoms with Gasteiger partial charge in [0.05, 0.1) is 10.7 Å². The normalized spacial score (nSPS) is 11.6. The van der Waals surface area contributed by atoms with E-state index < -0.39 is 18.0 Å². The summed E-state index contributed by atoms with van der Waals surface area (Å²) in [5.74, 6) is -0.270. The first-order valence-corrected chi connectivity index (χ1v) is 8.24. The van der Waals surface area contributed by atoms with Gasteiger partial charge in [-0.05, 0) is 43.7 Å². The molecule has 1 atom stereocenters. The van der Waals surface area contributed by atoms with Crippen LogP contribution in [-0.4, -0.2) is 18.0 Å². The van der Waals surface area contributed by atoms with E-state index in [1.165, 1.54) is 6.92 Å². The van der Waals surface area contributed by atoms with Gasteiger partial charge in [0.1, 0.15) is 5.75 Å². The number of ether oxygens (including phenoxy) is 2. The molecule has 0 aliphatic heterocycles. The third-order valence-electron chi connectivity index (χ3n) is 3.36. The fourth-order valence-corrected chi connectivity index (χ4v) is 2.43. The largest absolute Gasteiger partial charge is 0.479 e. The number of para-hydroxylation sites is 2. The average molecular weight is 382 g/mol. The first-order chi connectivity index (χ1) is 11.8. The molecular formula is C18H17Cl2NO4. The van der Waals surface area contributed by atoms with Crippen LogP contribution in [0.25, 0.3) is 0 Å². The number of hydrogen-bond donors (Lipinski definition) is 1. The lowest BCUT2D eigenvalue weighted by atomic mass is 10.2. The average Bonchev–Trinajstić information content (AvgIpc) is 2.56. The number of rotatable bonds is 5. The van der Waals surface area contributed by atoms with Crippen molar-refractivity contribution < 1.29 is 19.1 Å². The molecular weight excluding hydrogens is 365 g/mol. The molecule has 1 unspecified atom stereocenters. The Hall–Kier alpha value is -2.24. The maximum absolute atomic E-state index is 12.4. The van der Waals surface area contributed by atoms with Crippen LogP contribution in [0.15, 0.2) is 36.4 Å². The van der Waals surface area contributed by atoms with Gasteiger partial charge in [-0.15, -0.1) is 0 Å². The summed E-state index contributed by atoms with van der Waals surface area (Å²) in [5.41, 5.74) is 1.05. The number of carbonyl (C=O) groups excluding carboxylic acids is 2. The van der Waals surface area contributed by atoms with Crippen molar-refractivity contribution in [3.8, 4) is 11.5 Å². The predicted octanol–water partition coefficient (Wildman–Crippen LogP) is 4.63. The highest BCUT2D eigenvalue weighted by Crippen LogP contribution is 2.33. The van der Waals surface area contributed by atoms with Crippen LogP contribution in [0, 0.1) is 6.92 Å². The van der Waals surface area contributed by atoms with E-state index in [9.17, 15) is 9.59 Å². The Morgan fingerprint density at radius 1 is 1.08 bits per heavy atom. The number of carbonyl (C=O) groups is 2. The molecule has 0 bridgehead atoms. The molecule has 0 fully saturated rings. The van der Waals surface area contributed by atoms with Gasteiger partial charge in [0.25, 0.3) is 5.91 Å². The molecule has 0 radical (unpaired) electrons. The van der Waals surface area contributed by atoms with Gasteiger partial charge in [-0.25, -0.2) is 0 Å². The maximum Gasteiger partial charge on any atom is 0.308 e. The first-order valence-electron chi connectivity index (χ1n) is 7.49. The second-order valence-corrected chi connectivity index (χ2v) is 6.11. The van der Waals surface area contributed by atoms with E-state index in [1.807, 2.05) is 0 Å². The fraction of sp³-hybridized carbons (Fsp3) is 0.222. The van der Waals surface area contributed by atoms with Gasteiger partial charge < -0.3 is 14.8 Å². The summed E-state index contributed by atoms with van der Waals surface area (Å²) in [6, 6.07) is 9.88. The highest BCUT2D eigenvalue weighted by atomic mass is 35.5. The van der Waals surface area contributed by atoms with Gasteiger partial charge in [0, 0.05) is 11.9 Å². The van der Waals surface area contributed by atoms with Crippen molar-refractivity contribution in [1.29, 1.82) is 0 Å². The van der Waals surface area contributed by atoms with E-state index in [-0.39, 0.29) is 5.75 Å². The van der Waals surface area contributed by atoms with Crippen molar-refractivity contribution >= 4 is 40.8 Å². The first kappa shape index (κ1) is 19.1. The standard InChI is InChI=1S/C18H17Cl2NO4/c1-10-13(19)8-9-16(17(10)20)24-11(2)18(23)21-14-6-4-5-7-15(14)25-12(3)22/h4-9,11H,1-3H3,(H,21,23). The third kappa shape index (κ3) is 4.87. The summed E-state index contributed by atoms with van der Waals surface area (Å²) in [4.78, 5) is 23.5. The Bertz CT molecular complexity index is 808. The van der Waals surface area contributed by atoms with E-state index >= 15 is 0 Å². The highest BCUT2D eigenvalue weighted by molar-refractivity contribution is 6.36. The molecule has 25 heavy (non-hydrogen) atoms. The Morgan fingerprint density at radius 3 is 2.44 bits per heavy atom. The minimum atomic E-state index is -0.830. The Kier molecular flexibility index (Phi) is 6.28. The Balaban J connectivity index is 2.11. The van der Waals surface area contributed by atoms with Crippen molar-refractivity contribution in [2.24, 2.45) is 0 Å². The topological polar surface area (TPSA) is 64.6 Å². The van der Waals surface area contributed by atoms with Gasteiger partial charge in [-0.2, -0.15) is 0 Å². The van der Waals surface area contributed by atoms with Crippen molar-refractivity contribution in [2.45, 2.75) is 26.9 Å².